The third kappa shape index (κ3) is 5.64. The number of carbonyl (C=O) groups excluding carboxylic acids is 1. The van der Waals surface area contributed by atoms with Crippen molar-refractivity contribution in [3.63, 3.8) is 0 Å². The van der Waals surface area contributed by atoms with Crippen molar-refractivity contribution < 1.29 is 13.9 Å². The number of halogens is 1. The molecule has 1 unspecified atom stereocenters. The summed E-state index contributed by atoms with van der Waals surface area (Å²) in [4.78, 5) is 12.4. The number of nitrogens with zero attached hydrogens (tertiary/aromatic N) is 3. The van der Waals surface area contributed by atoms with Crippen LogP contribution in [0.5, 0.6) is 5.75 Å². The molecule has 0 bridgehead atoms. The lowest BCUT2D eigenvalue weighted by Gasteiger charge is -2.19. The number of benzene rings is 2. The molecule has 0 aliphatic rings. The Bertz CT molecular complexity index is 1070. The number of aryl methyl sites for hydroxylation is 2. The Morgan fingerprint density at radius 2 is 1.87 bits per heavy atom. The van der Waals surface area contributed by atoms with Gasteiger partial charge in [-0.25, -0.2) is 4.39 Å². The molecule has 0 radical (unpaired) electrons. The molecule has 0 spiro atoms. The second kappa shape index (κ2) is 9.96. The molecule has 0 saturated carbocycles. The Morgan fingerprint density at radius 1 is 1.13 bits per heavy atom. The fraction of sp³-hybridized carbons (Fsp3) is 0.348. The summed E-state index contributed by atoms with van der Waals surface area (Å²) in [6.07, 6.45) is -0.509. The Labute approximate surface area is 186 Å². The summed E-state index contributed by atoms with van der Waals surface area (Å²) in [5.74, 6) is 0.386. The molecule has 31 heavy (non-hydrogen) atoms. The van der Waals surface area contributed by atoms with Crippen LogP contribution in [0, 0.1) is 19.7 Å². The summed E-state index contributed by atoms with van der Waals surface area (Å²) in [5.41, 5.74) is 3.07. The third-order valence-corrected chi connectivity index (χ3v) is 5.78. The lowest BCUT2D eigenvalue weighted by atomic mass is 10.1. The number of rotatable bonds is 8. The first-order chi connectivity index (χ1) is 14.8. The van der Waals surface area contributed by atoms with E-state index in [1.54, 1.807) is 25.1 Å². The van der Waals surface area contributed by atoms with Crippen LogP contribution in [0.3, 0.4) is 0 Å². The summed E-state index contributed by atoms with van der Waals surface area (Å²) >= 11 is 1.31. The standard InChI is InChI=1S/C23H27FN4O2S/c1-14(2)28-22(17(5)30-20-9-7-6-8-19(20)24)26-27-23(28)31-13-21(29)25-18-11-10-15(3)16(4)12-18/h6-12,14,17H,13H2,1-5H3,(H,25,29). The number of hydrogen-bond donors (Lipinski definition) is 1. The average Bonchev–Trinajstić information content (AvgIpc) is 3.15. The van der Waals surface area contributed by atoms with Crippen LogP contribution >= 0.6 is 11.8 Å². The lowest BCUT2D eigenvalue weighted by Crippen LogP contribution is -2.17. The summed E-state index contributed by atoms with van der Waals surface area (Å²) in [7, 11) is 0. The highest BCUT2D eigenvalue weighted by Gasteiger charge is 2.22. The highest BCUT2D eigenvalue weighted by molar-refractivity contribution is 7.99. The number of ether oxygens (including phenoxy) is 1. The van der Waals surface area contributed by atoms with Crippen molar-refractivity contribution >= 4 is 23.4 Å². The van der Waals surface area contributed by atoms with Gasteiger partial charge in [0.05, 0.1) is 5.75 Å². The maximum atomic E-state index is 13.9. The van der Waals surface area contributed by atoms with Gasteiger partial charge in [0.2, 0.25) is 5.91 Å². The van der Waals surface area contributed by atoms with E-state index in [9.17, 15) is 9.18 Å². The number of thioether (sulfide) groups is 1. The first-order valence-corrected chi connectivity index (χ1v) is 11.1. The third-order valence-electron chi connectivity index (χ3n) is 4.83. The number of carbonyl (C=O) groups is 1. The zero-order valence-corrected chi connectivity index (χ0v) is 19.2. The first-order valence-electron chi connectivity index (χ1n) is 10.1. The molecule has 3 rings (SSSR count). The number of hydrogen-bond acceptors (Lipinski definition) is 5. The molecule has 3 aromatic rings. The van der Waals surface area contributed by atoms with Gasteiger partial charge in [0.25, 0.3) is 0 Å². The molecule has 164 valence electrons. The molecule has 0 saturated heterocycles. The van der Waals surface area contributed by atoms with Crippen molar-refractivity contribution in [3.8, 4) is 5.75 Å². The van der Waals surface area contributed by atoms with Crippen LogP contribution in [0.2, 0.25) is 0 Å². The minimum Gasteiger partial charge on any atom is -0.480 e. The molecule has 1 N–H and O–H groups in total. The summed E-state index contributed by atoms with van der Waals surface area (Å²) < 4.78 is 21.6. The molecule has 1 atom stereocenters. The molecule has 0 aliphatic heterocycles. The molecule has 1 heterocycles. The zero-order valence-electron chi connectivity index (χ0n) is 18.3. The molecule has 0 aliphatic carbocycles. The highest BCUT2D eigenvalue weighted by atomic mass is 32.2. The van der Waals surface area contributed by atoms with Crippen molar-refractivity contribution in [2.45, 2.75) is 51.9 Å². The van der Waals surface area contributed by atoms with Crippen LogP contribution < -0.4 is 10.1 Å². The molecule has 1 amide bonds. The van der Waals surface area contributed by atoms with Crippen molar-refractivity contribution in [3.05, 3.63) is 65.2 Å². The second-order valence-corrected chi connectivity index (χ2v) is 8.57. The van der Waals surface area contributed by atoms with Crippen LogP contribution in [0.4, 0.5) is 10.1 Å². The van der Waals surface area contributed by atoms with Gasteiger partial charge in [-0.05, 0) is 70.0 Å². The topological polar surface area (TPSA) is 69.0 Å². The van der Waals surface area contributed by atoms with E-state index in [-0.39, 0.29) is 23.5 Å². The van der Waals surface area contributed by atoms with Gasteiger partial charge >= 0.3 is 0 Å². The maximum absolute atomic E-state index is 13.9. The molecular formula is C23H27FN4O2S. The van der Waals surface area contributed by atoms with E-state index in [4.69, 9.17) is 4.74 Å². The van der Waals surface area contributed by atoms with Crippen molar-refractivity contribution in [2.75, 3.05) is 11.1 Å². The predicted octanol–water partition coefficient (Wildman–Crippen LogP) is 5.49. The number of nitrogens with one attached hydrogen (secondary N) is 1. The molecule has 1 aromatic heterocycles. The number of amides is 1. The largest absolute Gasteiger partial charge is 0.480 e. The summed E-state index contributed by atoms with van der Waals surface area (Å²) in [6.45, 7) is 9.85. The van der Waals surface area contributed by atoms with E-state index in [1.807, 2.05) is 50.5 Å². The van der Waals surface area contributed by atoms with Gasteiger partial charge in [-0.3, -0.25) is 4.79 Å². The van der Waals surface area contributed by atoms with Crippen LogP contribution in [0.15, 0.2) is 47.6 Å². The molecular weight excluding hydrogens is 415 g/mol. The molecule has 6 nitrogen and oxygen atoms in total. The zero-order chi connectivity index (χ0) is 22.5. The van der Waals surface area contributed by atoms with Crippen molar-refractivity contribution in [1.29, 1.82) is 0 Å². The van der Waals surface area contributed by atoms with Crippen molar-refractivity contribution in [1.82, 2.24) is 14.8 Å². The Hall–Kier alpha value is -2.87. The second-order valence-electron chi connectivity index (χ2n) is 7.63. The Kier molecular flexibility index (Phi) is 7.33. The Morgan fingerprint density at radius 3 is 2.55 bits per heavy atom. The highest BCUT2D eigenvalue weighted by Crippen LogP contribution is 2.28. The van der Waals surface area contributed by atoms with Crippen LogP contribution in [0.1, 0.15) is 49.9 Å². The normalized spacial score (nSPS) is 12.1. The molecule has 0 fully saturated rings. The SMILES string of the molecule is Cc1ccc(NC(=O)CSc2nnc(C(C)Oc3ccccc3F)n2C(C)C)cc1C. The average molecular weight is 443 g/mol. The van der Waals surface area contributed by atoms with Crippen molar-refractivity contribution in [2.24, 2.45) is 0 Å². The minimum atomic E-state index is -0.509. The van der Waals surface area contributed by atoms with Gasteiger partial charge in [-0.1, -0.05) is 30.0 Å². The van der Waals surface area contributed by atoms with Gasteiger partial charge in [0.15, 0.2) is 28.7 Å². The predicted molar refractivity (Wildman–Crippen MR) is 121 cm³/mol. The van der Waals surface area contributed by atoms with Gasteiger partial charge in [0.1, 0.15) is 0 Å². The summed E-state index contributed by atoms with van der Waals surface area (Å²) in [5, 5.41) is 12.0. The van der Waals surface area contributed by atoms with Gasteiger partial charge in [-0.15, -0.1) is 10.2 Å². The van der Waals surface area contributed by atoms with E-state index in [0.29, 0.717) is 11.0 Å². The molecule has 8 heteroatoms. The lowest BCUT2D eigenvalue weighted by molar-refractivity contribution is -0.113. The van der Waals surface area contributed by atoms with Crippen LogP contribution in [-0.4, -0.2) is 26.4 Å². The number of para-hydroxylation sites is 1. The smallest absolute Gasteiger partial charge is 0.234 e. The maximum Gasteiger partial charge on any atom is 0.234 e. The van der Waals surface area contributed by atoms with Gasteiger partial charge in [0, 0.05) is 11.7 Å². The molecule has 2 aromatic carbocycles. The quantitative estimate of drug-likeness (QED) is 0.468. The fourth-order valence-electron chi connectivity index (χ4n) is 3.08. The van der Waals surface area contributed by atoms with Gasteiger partial charge < -0.3 is 14.6 Å². The van der Waals surface area contributed by atoms with Crippen LogP contribution in [-0.2, 0) is 4.79 Å². The van der Waals surface area contributed by atoms with E-state index < -0.39 is 11.9 Å². The van der Waals surface area contributed by atoms with Crippen LogP contribution in [0.25, 0.3) is 0 Å². The van der Waals surface area contributed by atoms with E-state index in [0.717, 1.165) is 11.3 Å². The number of anilines is 1. The van der Waals surface area contributed by atoms with E-state index in [2.05, 4.69) is 15.5 Å². The van der Waals surface area contributed by atoms with Gasteiger partial charge in [-0.2, -0.15) is 0 Å². The van der Waals surface area contributed by atoms with E-state index in [1.165, 1.54) is 23.4 Å². The number of aromatic nitrogens is 3. The fourth-order valence-corrected chi connectivity index (χ4v) is 3.95. The van der Waals surface area contributed by atoms with E-state index >= 15 is 0 Å². The minimum absolute atomic E-state index is 0.0435. The summed E-state index contributed by atoms with van der Waals surface area (Å²) in [6, 6.07) is 12.1. The Balaban J connectivity index is 1.69. The first kappa shape index (κ1) is 22.8. The monoisotopic (exact) mass is 442 g/mol.